The van der Waals surface area contributed by atoms with E-state index in [1.807, 2.05) is 60.7 Å². The maximum Gasteiger partial charge on any atom is 0.340 e. The molecule has 5 rings (SSSR count). The Labute approximate surface area is 224 Å². The van der Waals surface area contributed by atoms with Crippen molar-refractivity contribution in [3.63, 3.8) is 0 Å². The molecule has 0 aliphatic heterocycles. The minimum atomic E-state index is -0.340. The Hall–Kier alpha value is -4.57. The number of methoxy groups -OCH3 is 2. The van der Waals surface area contributed by atoms with Gasteiger partial charge in [0.1, 0.15) is 5.75 Å². The van der Waals surface area contributed by atoms with Gasteiger partial charge in [-0.1, -0.05) is 103 Å². The molecule has 4 nitrogen and oxygen atoms in total. The monoisotopic (exact) mass is 501 g/mol. The summed E-state index contributed by atoms with van der Waals surface area (Å²) >= 11 is 0. The molecule has 0 aliphatic rings. The highest BCUT2D eigenvalue weighted by Crippen LogP contribution is 2.41. The highest BCUT2D eigenvalue weighted by molar-refractivity contribution is 6.04. The summed E-state index contributed by atoms with van der Waals surface area (Å²) in [6, 6.07) is 37.0. The normalized spacial score (nSPS) is 10.8. The second-order valence-electron chi connectivity index (χ2n) is 9.37. The molecule has 5 aromatic rings. The minimum Gasteiger partial charge on any atom is -0.497 e. The summed E-state index contributed by atoms with van der Waals surface area (Å²) < 4.78 is 13.1. The number of aryl methyl sites for hydroxylation is 1. The van der Waals surface area contributed by atoms with Gasteiger partial charge < -0.3 is 14.0 Å². The highest BCUT2D eigenvalue weighted by atomic mass is 16.5. The van der Waals surface area contributed by atoms with Gasteiger partial charge in [0, 0.05) is 24.2 Å². The number of carbonyl (C=O) groups excluding carboxylic acids is 1. The molecule has 0 atom stereocenters. The largest absolute Gasteiger partial charge is 0.497 e. The Morgan fingerprint density at radius 2 is 1.34 bits per heavy atom. The molecule has 0 amide bonds. The van der Waals surface area contributed by atoms with Crippen molar-refractivity contribution in [1.29, 1.82) is 0 Å². The minimum absolute atomic E-state index is 0.340. The number of hydrogen-bond donors (Lipinski definition) is 0. The van der Waals surface area contributed by atoms with Crippen LogP contribution in [0.15, 0.2) is 109 Å². The summed E-state index contributed by atoms with van der Waals surface area (Å²) in [5.41, 5.74) is 8.86. The van der Waals surface area contributed by atoms with Crippen LogP contribution in [0.5, 0.6) is 5.75 Å². The highest BCUT2D eigenvalue weighted by Gasteiger charge is 2.29. The number of ether oxygens (including phenoxy) is 2. The van der Waals surface area contributed by atoms with E-state index in [0.717, 1.165) is 45.0 Å². The van der Waals surface area contributed by atoms with E-state index >= 15 is 0 Å². The van der Waals surface area contributed by atoms with Gasteiger partial charge in [-0.25, -0.2) is 4.79 Å². The summed E-state index contributed by atoms with van der Waals surface area (Å²) in [6.45, 7) is 2.70. The van der Waals surface area contributed by atoms with Crippen LogP contribution >= 0.6 is 0 Å². The van der Waals surface area contributed by atoms with Gasteiger partial charge >= 0.3 is 5.97 Å². The summed E-state index contributed by atoms with van der Waals surface area (Å²) in [4.78, 5) is 13.6. The van der Waals surface area contributed by atoms with E-state index in [2.05, 4.69) is 60.0 Å². The van der Waals surface area contributed by atoms with Crippen LogP contribution in [0.2, 0.25) is 0 Å². The van der Waals surface area contributed by atoms with Gasteiger partial charge in [0.05, 0.1) is 25.5 Å². The van der Waals surface area contributed by atoms with Crippen molar-refractivity contribution in [3.05, 3.63) is 137 Å². The van der Waals surface area contributed by atoms with Crippen LogP contribution in [0.4, 0.5) is 0 Å². The van der Waals surface area contributed by atoms with E-state index < -0.39 is 0 Å². The first kappa shape index (κ1) is 25.1. The second-order valence-corrected chi connectivity index (χ2v) is 9.37. The van der Waals surface area contributed by atoms with Crippen LogP contribution in [0.25, 0.3) is 22.4 Å². The van der Waals surface area contributed by atoms with E-state index in [0.29, 0.717) is 18.5 Å². The number of esters is 1. The smallest absolute Gasteiger partial charge is 0.340 e. The third-order valence-corrected chi connectivity index (χ3v) is 6.86. The molecule has 0 fully saturated rings. The number of hydrogen-bond acceptors (Lipinski definition) is 3. The Morgan fingerprint density at radius 3 is 1.95 bits per heavy atom. The van der Waals surface area contributed by atoms with Crippen LogP contribution in [-0.2, 0) is 17.7 Å². The van der Waals surface area contributed by atoms with E-state index in [1.54, 1.807) is 7.11 Å². The molecule has 0 bridgehead atoms. The Morgan fingerprint density at radius 1 is 0.711 bits per heavy atom. The van der Waals surface area contributed by atoms with Gasteiger partial charge in [-0.15, -0.1) is 0 Å². The fraction of sp³-hybridized carbons (Fsp3) is 0.147. The fourth-order valence-corrected chi connectivity index (χ4v) is 4.95. The van der Waals surface area contributed by atoms with Gasteiger partial charge in [0.15, 0.2) is 0 Å². The molecular formula is C34H31NO3. The molecular weight excluding hydrogens is 470 g/mol. The van der Waals surface area contributed by atoms with E-state index in [9.17, 15) is 4.79 Å². The summed E-state index contributed by atoms with van der Waals surface area (Å²) in [6.07, 6.45) is 0.562. The third-order valence-electron chi connectivity index (χ3n) is 6.86. The van der Waals surface area contributed by atoms with Crippen molar-refractivity contribution >= 4 is 5.97 Å². The predicted molar refractivity (Wildman–Crippen MR) is 153 cm³/mol. The second kappa shape index (κ2) is 11.2. The molecule has 0 saturated heterocycles. The van der Waals surface area contributed by atoms with Crippen molar-refractivity contribution in [2.24, 2.45) is 0 Å². The maximum absolute atomic E-state index is 13.6. The summed E-state index contributed by atoms with van der Waals surface area (Å²) in [5, 5.41) is 0. The zero-order valence-corrected chi connectivity index (χ0v) is 22.0. The summed E-state index contributed by atoms with van der Waals surface area (Å²) in [5.74, 6) is 0.458. The molecule has 1 aromatic heterocycles. The SMILES string of the molecule is COC(=O)c1c(-c2ccccc2)c(-c2ccc(C)cc2)n(Cc2ccccc2)c1Cc1ccc(OC)cc1. The topological polar surface area (TPSA) is 40.5 Å². The zero-order chi connectivity index (χ0) is 26.5. The number of carbonyl (C=O) groups is 1. The lowest BCUT2D eigenvalue weighted by molar-refractivity contribution is 0.0600. The first-order valence-corrected chi connectivity index (χ1v) is 12.7. The van der Waals surface area contributed by atoms with Gasteiger partial charge in [-0.3, -0.25) is 0 Å². The van der Waals surface area contributed by atoms with E-state index in [-0.39, 0.29) is 5.97 Å². The molecule has 0 spiro atoms. The van der Waals surface area contributed by atoms with Crippen LogP contribution in [0, 0.1) is 6.92 Å². The number of benzene rings is 4. The average molecular weight is 502 g/mol. The molecule has 0 aliphatic carbocycles. The molecule has 1 heterocycles. The van der Waals surface area contributed by atoms with Crippen molar-refractivity contribution in [3.8, 4) is 28.1 Å². The van der Waals surface area contributed by atoms with Crippen LogP contribution < -0.4 is 4.74 Å². The Kier molecular flexibility index (Phi) is 7.41. The van der Waals surface area contributed by atoms with Gasteiger partial charge in [-0.2, -0.15) is 0 Å². The lowest BCUT2D eigenvalue weighted by atomic mass is 9.95. The first-order valence-electron chi connectivity index (χ1n) is 12.7. The lowest BCUT2D eigenvalue weighted by Crippen LogP contribution is -2.11. The Balaban J connectivity index is 1.83. The molecule has 0 saturated carbocycles. The molecule has 4 aromatic carbocycles. The molecule has 4 heteroatoms. The average Bonchev–Trinajstić information content (AvgIpc) is 3.27. The molecule has 38 heavy (non-hydrogen) atoms. The van der Waals surface area contributed by atoms with Crippen LogP contribution in [-0.4, -0.2) is 24.8 Å². The third kappa shape index (κ3) is 5.12. The predicted octanol–water partition coefficient (Wildman–Crippen LogP) is 7.56. The van der Waals surface area contributed by atoms with Crippen LogP contribution in [0.1, 0.15) is 32.7 Å². The van der Waals surface area contributed by atoms with Gasteiger partial charge in [-0.05, 0) is 41.3 Å². The number of aromatic nitrogens is 1. The van der Waals surface area contributed by atoms with Crippen molar-refractivity contribution in [2.75, 3.05) is 14.2 Å². The fourth-order valence-electron chi connectivity index (χ4n) is 4.95. The lowest BCUT2D eigenvalue weighted by Gasteiger charge is -2.16. The number of rotatable bonds is 8. The molecule has 190 valence electrons. The quantitative estimate of drug-likeness (QED) is 0.206. The number of nitrogens with zero attached hydrogens (tertiary/aromatic N) is 1. The van der Waals surface area contributed by atoms with Crippen LogP contribution in [0.3, 0.4) is 0 Å². The van der Waals surface area contributed by atoms with Gasteiger partial charge in [0.25, 0.3) is 0 Å². The first-order chi connectivity index (χ1) is 18.6. The van der Waals surface area contributed by atoms with Gasteiger partial charge in [0.2, 0.25) is 0 Å². The molecule has 0 unspecified atom stereocenters. The zero-order valence-electron chi connectivity index (χ0n) is 22.0. The standard InChI is InChI=1S/C34H31NO3/c1-24-14-18-28(19-15-24)33-31(27-12-8-5-9-13-27)32(34(36)38-3)30(22-25-16-20-29(37-2)21-17-25)35(33)23-26-10-6-4-7-11-26/h4-21H,22-23H2,1-3H3. The van der Waals surface area contributed by atoms with E-state index in [4.69, 9.17) is 9.47 Å². The Bertz CT molecular complexity index is 1520. The van der Waals surface area contributed by atoms with Crippen molar-refractivity contribution in [1.82, 2.24) is 4.57 Å². The summed E-state index contributed by atoms with van der Waals surface area (Å²) in [7, 11) is 3.11. The van der Waals surface area contributed by atoms with Crippen molar-refractivity contribution in [2.45, 2.75) is 19.9 Å². The molecule has 0 radical (unpaired) electrons. The molecule has 0 N–H and O–H groups in total. The van der Waals surface area contributed by atoms with Crippen molar-refractivity contribution < 1.29 is 14.3 Å². The van der Waals surface area contributed by atoms with E-state index in [1.165, 1.54) is 12.7 Å². The maximum atomic E-state index is 13.6.